The van der Waals surface area contributed by atoms with Crippen LogP contribution in [-0.4, -0.2) is 4.98 Å². The minimum Gasteiger partial charge on any atom is -0.438 e. The van der Waals surface area contributed by atoms with Crippen molar-refractivity contribution >= 4 is 27.6 Å². The number of nitrogens with one attached hydrogen (secondary N) is 1. The third-order valence-corrected chi connectivity index (χ3v) is 4.01. The third kappa shape index (κ3) is 2.16. The summed E-state index contributed by atoms with van der Waals surface area (Å²) in [5.41, 5.74) is 9.83. The van der Waals surface area contributed by atoms with Gasteiger partial charge in [0.15, 0.2) is 0 Å². The Morgan fingerprint density at radius 2 is 1.74 bits per heavy atom. The number of hydrogen-bond acceptors (Lipinski definition) is 4. The summed E-state index contributed by atoms with van der Waals surface area (Å²) in [7, 11) is 0. The Balaban J connectivity index is 2.11. The molecule has 0 fully saturated rings. The quantitative estimate of drug-likeness (QED) is 0.521. The number of anilines is 1. The Kier molecular flexibility index (Phi) is 2.91. The van der Waals surface area contributed by atoms with Crippen LogP contribution in [0.5, 0.6) is 0 Å². The Morgan fingerprint density at radius 3 is 2.52 bits per heavy atom. The Morgan fingerprint density at radius 1 is 1.00 bits per heavy atom. The smallest absolute Gasteiger partial charge is 0.223 e. The molecule has 0 amide bonds. The standard InChI is InChI=1S/C19H15N3O/c1-11-6-8-12(9-7-11)15-10-14-13-4-2-3-5-16(13)23-19(21)17(14)18(20)22-15/h2-10,21H,1H3,(H2,20,22). The first-order valence-corrected chi connectivity index (χ1v) is 7.37. The summed E-state index contributed by atoms with van der Waals surface area (Å²) in [6.07, 6.45) is 0. The second kappa shape index (κ2) is 4.95. The van der Waals surface area contributed by atoms with Gasteiger partial charge in [-0.2, -0.15) is 0 Å². The summed E-state index contributed by atoms with van der Waals surface area (Å²) in [5, 5.41) is 10.5. The van der Waals surface area contributed by atoms with Gasteiger partial charge in [0, 0.05) is 16.3 Å². The number of fused-ring (bicyclic) bond motifs is 3. The molecule has 112 valence electrons. The lowest BCUT2D eigenvalue weighted by atomic mass is 10.0. The predicted molar refractivity (Wildman–Crippen MR) is 92.0 cm³/mol. The number of benzene rings is 2. The molecular weight excluding hydrogens is 286 g/mol. The summed E-state index contributed by atoms with van der Waals surface area (Å²) in [4.78, 5) is 4.47. The average Bonchev–Trinajstić information content (AvgIpc) is 2.55. The molecule has 0 aliphatic rings. The predicted octanol–water partition coefficient (Wildman–Crippen LogP) is 4.02. The summed E-state index contributed by atoms with van der Waals surface area (Å²) in [6.45, 7) is 2.05. The van der Waals surface area contributed by atoms with Crippen LogP contribution in [0.1, 0.15) is 5.56 Å². The van der Waals surface area contributed by atoms with Crippen LogP contribution in [0, 0.1) is 12.3 Å². The number of para-hydroxylation sites is 1. The van der Waals surface area contributed by atoms with Gasteiger partial charge in [0.2, 0.25) is 5.55 Å². The van der Waals surface area contributed by atoms with E-state index in [1.165, 1.54) is 5.56 Å². The maximum Gasteiger partial charge on any atom is 0.223 e. The molecule has 0 atom stereocenters. The molecule has 0 bridgehead atoms. The molecule has 2 heterocycles. The van der Waals surface area contributed by atoms with Crippen LogP contribution in [0.2, 0.25) is 0 Å². The number of aromatic nitrogens is 1. The molecule has 4 rings (SSSR count). The van der Waals surface area contributed by atoms with Crippen molar-refractivity contribution in [2.45, 2.75) is 6.92 Å². The van der Waals surface area contributed by atoms with Crippen molar-refractivity contribution in [2.24, 2.45) is 0 Å². The fourth-order valence-electron chi connectivity index (χ4n) is 2.83. The molecule has 3 N–H and O–H groups in total. The summed E-state index contributed by atoms with van der Waals surface area (Å²) < 4.78 is 5.56. The van der Waals surface area contributed by atoms with Gasteiger partial charge in [-0.3, -0.25) is 5.41 Å². The second-order valence-corrected chi connectivity index (χ2v) is 5.61. The van der Waals surface area contributed by atoms with E-state index in [1.54, 1.807) is 0 Å². The largest absolute Gasteiger partial charge is 0.438 e. The van der Waals surface area contributed by atoms with Gasteiger partial charge < -0.3 is 10.2 Å². The lowest BCUT2D eigenvalue weighted by Gasteiger charge is -2.09. The molecule has 2 aromatic carbocycles. The van der Waals surface area contributed by atoms with Gasteiger partial charge in [-0.15, -0.1) is 0 Å². The fraction of sp³-hybridized carbons (Fsp3) is 0.0526. The molecule has 0 saturated heterocycles. The third-order valence-electron chi connectivity index (χ3n) is 4.01. The van der Waals surface area contributed by atoms with Crippen molar-refractivity contribution < 1.29 is 4.42 Å². The van der Waals surface area contributed by atoms with Crippen molar-refractivity contribution in [3.8, 4) is 11.3 Å². The SMILES string of the molecule is Cc1ccc(-c2cc3c(c(N)n2)c(=N)oc2ccccc23)cc1. The van der Waals surface area contributed by atoms with E-state index >= 15 is 0 Å². The van der Waals surface area contributed by atoms with Gasteiger partial charge in [-0.25, -0.2) is 4.98 Å². The van der Waals surface area contributed by atoms with Crippen LogP contribution in [0.15, 0.2) is 59.0 Å². The molecule has 23 heavy (non-hydrogen) atoms. The zero-order chi connectivity index (χ0) is 16.0. The van der Waals surface area contributed by atoms with Crippen molar-refractivity contribution in [1.82, 2.24) is 4.98 Å². The number of pyridine rings is 1. The van der Waals surface area contributed by atoms with Crippen LogP contribution in [-0.2, 0) is 0 Å². The van der Waals surface area contributed by atoms with E-state index in [9.17, 15) is 0 Å². The first-order valence-electron chi connectivity index (χ1n) is 7.37. The molecule has 4 heteroatoms. The van der Waals surface area contributed by atoms with Crippen LogP contribution < -0.4 is 11.3 Å². The van der Waals surface area contributed by atoms with Gasteiger partial charge in [-0.05, 0) is 19.1 Å². The topological polar surface area (TPSA) is 75.9 Å². The lowest BCUT2D eigenvalue weighted by molar-refractivity contribution is 0.542. The Bertz CT molecular complexity index is 1100. The van der Waals surface area contributed by atoms with Crippen LogP contribution in [0.4, 0.5) is 5.82 Å². The highest BCUT2D eigenvalue weighted by molar-refractivity contribution is 6.08. The van der Waals surface area contributed by atoms with E-state index in [2.05, 4.69) is 4.98 Å². The highest BCUT2D eigenvalue weighted by Gasteiger charge is 2.12. The first-order chi connectivity index (χ1) is 11.1. The molecule has 2 aromatic heterocycles. The van der Waals surface area contributed by atoms with E-state index in [0.717, 1.165) is 22.0 Å². The highest BCUT2D eigenvalue weighted by atomic mass is 16.3. The van der Waals surface area contributed by atoms with Crippen LogP contribution >= 0.6 is 0 Å². The molecule has 0 radical (unpaired) electrons. The number of nitrogens with two attached hydrogens (primary N) is 1. The van der Waals surface area contributed by atoms with Crippen LogP contribution in [0.25, 0.3) is 33.0 Å². The molecule has 0 aliphatic heterocycles. The van der Waals surface area contributed by atoms with Gasteiger partial charge in [0.1, 0.15) is 11.4 Å². The second-order valence-electron chi connectivity index (χ2n) is 5.61. The Labute approximate surface area is 132 Å². The molecule has 0 unspecified atom stereocenters. The summed E-state index contributed by atoms with van der Waals surface area (Å²) >= 11 is 0. The zero-order valence-electron chi connectivity index (χ0n) is 12.6. The lowest BCUT2D eigenvalue weighted by Crippen LogP contribution is -2.06. The van der Waals surface area contributed by atoms with E-state index in [1.807, 2.05) is 61.5 Å². The molecular formula is C19H15N3O. The van der Waals surface area contributed by atoms with Gasteiger partial charge in [0.05, 0.1) is 11.1 Å². The maximum atomic E-state index is 8.10. The highest BCUT2D eigenvalue weighted by Crippen LogP contribution is 2.29. The summed E-state index contributed by atoms with van der Waals surface area (Å²) in [5.74, 6) is 0.317. The monoisotopic (exact) mass is 301 g/mol. The van der Waals surface area contributed by atoms with Gasteiger partial charge in [-0.1, -0.05) is 48.0 Å². The fourth-order valence-corrected chi connectivity index (χ4v) is 2.83. The van der Waals surface area contributed by atoms with Gasteiger partial charge >= 0.3 is 0 Å². The minimum atomic E-state index is 0.0409. The van der Waals surface area contributed by atoms with Crippen LogP contribution in [0.3, 0.4) is 0 Å². The number of hydrogen-bond donors (Lipinski definition) is 2. The number of nitrogen functional groups attached to an aromatic ring is 1. The van der Waals surface area contributed by atoms with E-state index in [4.69, 9.17) is 15.6 Å². The van der Waals surface area contributed by atoms with Crippen molar-refractivity contribution in [3.63, 3.8) is 0 Å². The van der Waals surface area contributed by atoms with E-state index in [-0.39, 0.29) is 5.55 Å². The van der Waals surface area contributed by atoms with Crippen molar-refractivity contribution in [2.75, 3.05) is 5.73 Å². The average molecular weight is 301 g/mol. The maximum absolute atomic E-state index is 8.10. The number of aryl methyl sites for hydroxylation is 1. The first kappa shape index (κ1) is 13.5. The molecule has 0 saturated carbocycles. The van der Waals surface area contributed by atoms with Crippen molar-refractivity contribution in [3.05, 3.63) is 65.7 Å². The van der Waals surface area contributed by atoms with E-state index < -0.39 is 0 Å². The van der Waals surface area contributed by atoms with Crippen molar-refractivity contribution in [1.29, 1.82) is 5.41 Å². The van der Waals surface area contributed by atoms with Gasteiger partial charge in [0.25, 0.3) is 0 Å². The molecule has 0 spiro atoms. The molecule has 0 aliphatic carbocycles. The molecule has 4 nitrogen and oxygen atoms in total. The summed E-state index contributed by atoms with van der Waals surface area (Å²) in [6, 6.07) is 17.8. The Hall–Kier alpha value is -3.14. The number of nitrogens with zero attached hydrogens (tertiary/aromatic N) is 1. The number of rotatable bonds is 1. The zero-order valence-corrected chi connectivity index (χ0v) is 12.6. The van der Waals surface area contributed by atoms with E-state index in [0.29, 0.717) is 16.8 Å². The molecule has 4 aromatic rings. The normalized spacial score (nSPS) is 11.2. The minimum absolute atomic E-state index is 0.0409.